The Bertz CT molecular complexity index is 1450. The number of benzene rings is 3. The van der Waals surface area contributed by atoms with E-state index in [0.29, 0.717) is 18.0 Å². The number of carbonyl (C=O) groups excluding carboxylic acids is 1. The Kier molecular flexibility index (Phi) is 5.86. The molecular weight excluding hydrogens is 438 g/mol. The fourth-order valence-electron chi connectivity index (χ4n) is 3.89. The van der Waals surface area contributed by atoms with Crippen LogP contribution < -0.4 is 15.2 Å². The molecule has 0 atom stereocenters. The number of nitrogens with one attached hydrogen (secondary N) is 1. The van der Waals surface area contributed by atoms with E-state index in [0.717, 1.165) is 27.6 Å². The summed E-state index contributed by atoms with van der Waals surface area (Å²) in [6, 6.07) is 19.0. The lowest BCUT2D eigenvalue weighted by Gasteiger charge is -2.15. The molecule has 4 rings (SSSR count). The minimum atomic E-state index is -4.10. The van der Waals surface area contributed by atoms with E-state index in [1.807, 2.05) is 48.7 Å². The van der Waals surface area contributed by atoms with Crippen LogP contribution in [-0.2, 0) is 16.6 Å². The van der Waals surface area contributed by atoms with Crippen molar-refractivity contribution in [3.63, 3.8) is 0 Å². The van der Waals surface area contributed by atoms with Crippen LogP contribution in [0.4, 0.5) is 5.69 Å². The molecule has 0 saturated carbocycles. The third kappa shape index (κ3) is 4.42. The van der Waals surface area contributed by atoms with E-state index in [9.17, 15) is 13.2 Å². The number of nitrogen functional groups attached to an aromatic ring is 1. The molecule has 0 bridgehead atoms. The standard InChI is InChI=1S/C25H25N3O4S/c1-16-6-4-7-17(2)22(16)15-28-23-14-20(32-3)11-10-18(23)12-24(28)25(29)27-33(30,31)21-9-5-8-19(26)13-21/h4-14H,15,26H2,1-3H3,(H,27,29). The summed E-state index contributed by atoms with van der Waals surface area (Å²) in [7, 11) is -2.53. The molecule has 3 N–H and O–H groups in total. The fourth-order valence-corrected chi connectivity index (χ4v) is 4.91. The van der Waals surface area contributed by atoms with Crippen LogP contribution in [-0.4, -0.2) is 26.0 Å². The van der Waals surface area contributed by atoms with Crippen LogP contribution in [0.15, 0.2) is 71.6 Å². The van der Waals surface area contributed by atoms with Crippen LogP contribution in [0, 0.1) is 13.8 Å². The van der Waals surface area contributed by atoms with Gasteiger partial charge in [-0.1, -0.05) is 24.3 Å². The minimum Gasteiger partial charge on any atom is -0.497 e. The Labute approximate surface area is 192 Å². The van der Waals surface area contributed by atoms with Gasteiger partial charge in [-0.05, 0) is 66.9 Å². The highest BCUT2D eigenvalue weighted by atomic mass is 32.2. The monoisotopic (exact) mass is 463 g/mol. The van der Waals surface area contributed by atoms with Crippen molar-refractivity contribution < 1.29 is 17.9 Å². The van der Waals surface area contributed by atoms with Crippen molar-refractivity contribution in [1.29, 1.82) is 0 Å². The number of aryl methyl sites for hydroxylation is 2. The summed E-state index contributed by atoms with van der Waals surface area (Å²) in [5.74, 6) is -0.0819. The van der Waals surface area contributed by atoms with Crippen molar-refractivity contribution in [2.45, 2.75) is 25.3 Å². The fraction of sp³-hybridized carbons (Fsp3) is 0.160. The predicted molar refractivity (Wildman–Crippen MR) is 129 cm³/mol. The Balaban J connectivity index is 1.81. The molecule has 1 heterocycles. The van der Waals surface area contributed by atoms with E-state index in [1.54, 1.807) is 25.3 Å². The van der Waals surface area contributed by atoms with Gasteiger partial charge in [-0.3, -0.25) is 4.79 Å². The number of carbonyl (C=O) groups is 1. The lowest BCUT2D eigenvalue weighted by Crippen LogP contribution is -2.32. The SMILES string of the molecule is COc1ccc2cc(C(=O)NS(=O)(=O)c3cccc(N)c3)n(Cc3c(C)cccc3C)c2c1. The molecular formula is C25H25N3O4S. The first kappa shape index (κ1) is 22.4. The predicted octanol–water partition coefficient (Wildman–Crippen LogP) is 4.02. The van der Waals surface area contributed by atoms with E-state index < -0.39 is 15.9 Å². The molecule has 0 aliphatic carbocycles. The summed E-state index contributed by atoms with van der Waals surface area (Å²) in [5, 5.41) is 0.800. The topological polar surface area (TPSA) is 103 Å². The average Bonchev–Trinajstić information content (AvgIpc) is 3.14. The van der Waals surface area contributed by atoms with Gasteiger partial charge in [0, 0.05) is 23.7 Å². The minimum absolute atomic E-state index is 0.0741. The molecule has 0 spiro atoms. The first-order valence-corrected chi connectivity index (χ1v) is 11.8. The number of fused-ring (bicyclic) bond motifs is 1. The zero-order valence-electron chi connectivity index (χ0n) is 18.6. The summed E-state index contributed by atoms with van der Waals surface area (Å²) in [5.41, 5.74) is 10.2. The first-order chi connectivity index (χ1) is 15.7. The molecule has 0 aliphatic heterocycles. The van der Waals surface area contributed by atoms with Gasteiger partial charge < -0.3 is 15.0 Å². The molecule has 0 fully saturated rings. The quantitative estimate of drug-likeness (QED) is 0.421. The van der Waals surface area contributed by atoms with Gasteiger partial charge in [0.25, 0.3) is 15.9 Å². The normalized spacial score (nSPS) is 11.5. The van der Waals surface area contributed by atoms with Crippen molar-refractivity contribution in [3.8, 4) is 5.75 Å². The number of hydrogen-bond acceptors (Lipinski definition) is 5. The van der Waals surface area contributed by atoms with Gasteiger partial charge in [0.15, 0.2) is 0 Å². The maximum atomic E-state index is 13.2. The number of hydrogen-bond donors (Lipinski definition) is 2. The van der Waals surface area contributed by atoms with Crippen LogP contribution >= 0.6 is 0 Å². The number of rotatable bonds is 6. The second-order valence-corrected chi connectivity index (χ2v) is 9.60. The van der Waals surface area contributed by atoms with Crippen LogP contribution in [0.2, 0.25) is 0 Å². The average molecular weight is 464 g/mol. The molecule has 0 radical (unpaired) electrons. The van der Waals surface area contributed by atoms with Crippen molar-refractivity contribution in [2.75, 3.05) is 12.8 Å². The summed E-state index contributed by atoms with van der Waals surface area (Å²) >= 11 is 0. The van der Waals surface area contributed by atoms with Crippen LogP contribution in [0.25, 0.3) is 10.9 Å². The van der Waals surface area contributed by atoms with Gasteiger partial charge in [-0.25, -0.2) is 13.1 Å². The highest BCUT2D eigenvalue weighted by Gasteiger charge is 2.23. The first-order valence-electron chi connectivity index (χ1n) is 10.3. The molecule has 3 aromatic carbocycles. The molecule has 8 heteroatoms. The molecule has 170 valence electrons. The lowest BCUT2D eigenvalue weighted by molar-refractivity contribution is 0.0973. The molecule has 0 unspecified atom stereocenters. The second-order valence-electron chi connectivity index (χ2n) is 7.92. The summed E-state index contributed by atoms with van der Waals surface area (Å²) in [6.45, 7) is 4.42. The van der Waals surface area contributed by atoms with Crippen LogP contribution in [0.1, 0.15) is 27.2 Å². The zero-order chi connectivity index (χ0) is 23.8. The number of aromatic nitrogens is 1. The van der Waals surface area contributed by atoms with E-state index in [2.05, 4.69) is 4.72 Å². The molecule has 1 aromatic heterocycles. The molecule has 0 aliphatic rings. The van der Waals surface area contributed by atoms with Gasteiger partial charge in [-0.15, -0.1) is 0 Å². The molecule has 33 heavy (non-hydrogen) atoms. The van der Waals surface area contributed by atoms with Gasteiger partial charge >= 0.3 is 0 Å². The Morgan fingerprint density at radius 2 is 1.70 bits per heavy atom. The summed E-state index contributed by atoms with van der Waals surface area (Å²) in [4.78, 5) is 13.2. The Morgan fingerprint density at radius 3 is 2.36 bits per heavy atom. The Morgan fingerprint density at radius 1 is 1.00 bits per heavy atom. The third-order valence-electron chi connectivity index (χ3n) is 5.70. The number of sulfonamides is 1. The molecule has 0 saturated heterocycles. The molecule has 7 nitrogen and oxygen atoms in total. The van der Waals surface area contributed by atoms with E-state index in [-0.39, 0.29) is 10.6 Å². The van der Waals surface area contributed by atoms with Gasteiger partial charge in [0.05, 0.1) is 17.5 Å². The van der Waals surface area contributed by atoms with E-state index in [1.165, 1.54) is 18.2 Å². The largest absolute Gasteiger partial charge is 0.497 e. The highest BCUT2D eigenvalue weighted by Crippen LogP contribution is 2.27. The number of methoxy groups -OCH3 is 1. The lowest BCUT2D eigenvalue weighted by atomic mass is 10.0. The molecule has 4 aromatic rings. The van der Waals surface area contributed by atoms with Crippen LogP contribution in [0.3, 0.4) is 0 Å². The van der Waals surface area contributed by atoms with Crippen molar-refractivity contribution >= 4 is 32.5 Å². The number of nitrogens with zero attached hydrogens (tertiary/aromatic N) is 1. The third-order valence-corrected chi connectivity index (χ3v) is 7.03. The number of anilines is 1. The summed E-state index contributed by atoms with van der Waals surface area (Å²) < 4.78 is 35.1. The van der Waals surface area contributed by atoms with Gasteiger partial charge in [-0.2, -0.15) is 0 Å². The van der Waals surface area contributed by atoms with Crippen molar-refractivity contribution in [2.24, 2.45) is 0 Å². The zero-order valence-corrected chi connectivity index (χ0v) is 19.4. The van der Waals surface area contributed by atoms with Crippen LogP contribution in [0.5, 0.6) is 5.75 Å². The second kappa shape index (κ2) is 8.63. The van der Waals surface area contributed by atoms with Crippen molar-refractivity contribution in [3.05, 3.63) is 89.1 Å². The maximum absolute atomic E-state index is 13.2. The summed E-state index contributed by atoms with van der Waals surface area (Å²) in [6.07, 6.45) is 0. The number of ether oxygens (including phenoxy) is 1. The smallest absolute Gasteiger partial charge is 0.281 e. The molecule has 1 amide bonds. The van der Waals surface area contributed by atoms with E-state index in [4.69, 9.17) is 10.5 Å². The Hall–Kier alpha value is -3.78. The maximum Gasteiger partial charge on any atom is 0.281 e. The highest BCUT2D eigenvalue weighted by molar-refractivity contribution is 7.90. The number of nitrogens with two attached hydrogens (primary N) is 1. The number of amides is 1. The van der Waals surface area contributed by atoms with E-state index >= 15 is 0 Å². The van der Waals surface area contributed by atoms with Gasteiger partial charge in [0.1, 0.15) is 11.4 Å². The van der Waals surface area contributed by atoms with Gasteiger partial charge in [0.2, 0.25) is 0 Å². The van der Waals surface area contributed by atoms with Crippen molar-refractivity contribution in [1.82, 2.24) is 9.29 Å².